The number of aromatic amines is 1. The van der Waals surface area contributed by atoms with Crippen molar-refractivity contribution in [1.29, 1.82) is 0 Å². The van der Waals surface area contributed by atoms with Crippen LogP contribution in [0, 0.1) is 0 Å². The number of hydrogen-bond acceptors (Lipinski definition) is 5. The number of nitrogens with zero attached hydrogens (tertiary/aromatic N) is 5. The number of aryl methyl sites for hydroxylation is 1. The van der Waals surface area contributed by atoms with Crippen LogP contribution in [0.4, 0.5) is 11.6 Å². The Labute approximate surface area is 183 Å². The van der Waals surface area contributed by atoms with Gasteiger partial charge in [-0.2, -0.15) is 4.98 Å². The lowest BCUT2D eigenvalue weighted by atomic mass is 10.1. The number of pyridine rings is 1. The monoisotopic (exact) mass is 423 g/mol. The summed E-state index contributed by atoms with van der Waals surface area (Å²) in [7, 11) is 1.85. The molecule has 32 heavy (non-hydrogen) atoms. The van der Waals surface area contributed by atoms with Crippen molar-refractivity contribution in [2.75, 3.05) is 5.32 Å². The molecule has 0 atom stereocenters. The first kappa shape index (κ1) is 18.6. The van der Waals surface area contributed by atoms with Gasteiger partial charge in [-0.15, -0.1) is 5.10 Å². The van der Waals surface area contributed by atoms with Crippen molar-refractivity contribution >= 4 is 22.4 Å². The SMILES string of the molecule is Cn1nc(-c2ccc(-n3cnc(C4CC4)c3)cc2)nc1Nc1ccc2c(=O)[nH]ccc2c1. The molecule has 1 aliphatic rings. The van der Waals surface area contributed by atoms with Gasteiger partial charge >= 0.3 is 0 Å². The van der Waals surface area contributed by atoms with Gasteiger partial charge in [0.15, 0.2) is 5.82 Å². The predicted octanol–water partition coefficient (Wildman–Crippen LogP) is 4.13. The molecule has 1 saturated carbocycles. The minimum atomic E-state index is -0.0992. The second kappa shape index (κ2) is 7.19. The number of imidazole rings is 1. The van der Waals surface area contributed by atoms with E-state index in [1.54, 1.807) is 16.9 Å². The Morgan fingerprint density at radius 1 is 1.09 bits per heavy atom. The molecule has 1 fully saturated rings. The number of rotatable bonds is 5. The van der Waals surface area contributed by atoms with Crippen LogP contribution in [0.5, 0.6) is 0 Å². The van der Waals surface area contributed by atoms with Gasteiger partial charge in [0.25, 0.3) is 5.56 Å². The zero-order valence-corrected chi connectivity index (χ0v) is 17.5. The molecule has 3 heterocycles. The van der Waals surface area contributed by atoms with Crippen LogP contribution in [-0.2, 0) is 7.05 Å². The van der Waals surface area contributed by atoms with Crippen molar-refractivity contribution in [2.45, 2.75) is 18.8 Å². The molecule has 0 radical (unpaired) electrons. The summed E-state index contributed by atoms with van der Waals surface area (Å²) in [6.45, 7) is 0. The smallest absolute Gasteiger partial charge is 0.255 e. The first-order valence-electron chi connectivity index (χ1n) is 10.6. The van der Waals surface area contributed by atoms with E-state index in [0.29, 0.717) is 23.1 Å². The normalized spacial score (nSPS) is 13.5. The Morgan fingerprint density at radius 2 is 1.94 bits per heavy atom. The van der Waals surface area contributed by atoms with Gasteiger partial charge in [0.1, 0.15) is 0 Å². The van der Waals surface area contributed by atoms with Crippen LogP contribution in [0.15, 0.2) is 72.0 Å². The molecule has 2 aromatic carbocycles. The highest BCUT2D eigenvalue weighted by atomic mass is 16.1. The lowest BCUT2D eigenvalue weighted by Gasteiger charge is -2.05. The maximum atomic E-state index is 11.9. The Balaban J connectivity index is 1.24. The molecule has 1 aliphatic carbocycles. The van der Waals surface area contributed by atoms with E-state index >= 15 is 0 Å². The van der Waals surface area contributed by atoms with Crippen molar-refractivity contribution in [3.63, 3.8) is 0 Å². The van der Waals surface area contributed by atoms with Gasteiger partial charge in [-0.3, -0.25) is 4.79 Å². The standard InChI is InChI=1S/C24H21N7O/c1-30-24(27-18-6-9-20-17(12-18)10-11-25-23(20)32)28-22(29-30)16-4-7-19(8-5-16)31-13-21(26-14-31)15-2-3-15/h4-15H,2-3H2,1H3,(H,25,32)(H,27,28,29). The van der Waals surface area contributed by atoms with Crippen LogP contribution in [-0.4, -0.2) is 29.3 Å². The quantitative estimate of drug-likeness (QED) is 0.443. The van der Waals surface area contributed by atoms with E-state index in [-0.39, 0.29) is 5.56 Å². The van der Waals surface area contributed by atoms with Gasteiger partial charge in [-0.1, -0.05) is 0 Å². The van der Waals surface area contributed by atoms with Crippen LogP contribution >= 0.6 is 0 Å². The molecule has 0 amide bonds. The number of nitrogens with one attached hydrogen (secondary N) is 2. The number of benzene rings is 2. The molecular formula is C24H21N7O. The number of fused-ring (bicyclic) bond motifs is 1. The number of aromatic nitrogens is 6. The second-order valence-corrected chi connectivity index (χ2v) is 8.14. The van der Waals surface area contributed by atoms with E-state index in [1.807, 2.05) is 43.7 Å². The van der Waals surface area contributed by atoms with Crippen molar-refractivity contribution in [1.82, 2.24) is 29.3 Å². The van der Waals surface area contributed by atoms with E-state index in [1.165, 1.54) is 18.5 Å². The Bertz CT molecular complexity index is 1490. The fourth-order valence-corrected chi connectivity index (χ4v) is 3.87. The van der Waals surface area contributed by atoms with E-state index in [9.17, 15) is 4.79 Å². The summed E-state index contributed by atoms with van der Waals surface area (Å²) in [4.78, 5) is 23.8. The third kappa shape index (κ3) is 3.35. The lowest BCUT2D eigenvalue weighted by Crippen LogP contribution is -2.05. The molecule has 6 rings (SSSR count). The summed E-state index contributed by atoms with van der Waals surface area (Å²) in [5.41, 5.74) is 3.91. The number of anilines is 2. The Morgan fingerprint density at radius 3 is 2.75 bits per heavy atom. The zero-order valence-electron chi connectivity index (χ0n) is 17.5. The predicted molar refractivity (Wildman–Crippen MR) is 123 cm³/mol. The fraction of sp³-hybridized carbons (Fsp3) is 0.167. The van der Waals surface area contributed by atoms with Gasteiger partial charge in [-0.05, 0) is 66.8 Å². The highest BCUT2D eigenvalue weighted by Gasteiger charge is 2.25. The largest absolute Gasteiger partial charge is 0.329 e. The van der Waals surface area contributed by atoms with Crippen molar-refractivity contribution < 1.29 is 0 Å². The summed E-state index contributed by atoms with van der Waals surface area (Å²) in [6.07, 6.45) is 8.13. The number of hydrogen-bond donors (Lipinski definition) is 2. The Kier molecular flexibility index (Phi) is 4.17. The average molecular weight is 423 g/mol. The summed E-state index contributed by atoms with van der Waals surface area (Å²) in [5, 5.41) is 9.37. The van der Waals surface area contributed by atoms with Gasteiger partial charge in [-0.25, -0.2) is 9.67 Å². The fourth-order valence-electron chi connectivity index (χ4n) is 3.87. The highest BCUT2D eigenvalue weighted by Crippen LogP contribution is 2.39. The maximum Gasteiger partial charge on any atom is 0.255 e. The summed E-state index contributed by atoms with van der Waals surface area (Å²) < 4.78 is 3.77. The Hall–Kier alpha value is -4.20. The minimum absolute atomic E-state index is 0.0992. The summed E-state index contributed by atoms with van der Waals surface area (Å²) in [5.74, 6) is 1.91. The van der Waals surface area contributed by atoms with Gasteiger partial charge in [0, 0.05) is 47.7 Å². The molecular weight excluding hydrogens is 402 g/mol. The van der Waals surface area contributed by atoms with Crippen molar-refractivity contribution in [2.24, 2.45) is 7.05 Å². The summed E-state index contributed by atoms with van der Waals surface area (Å²) in [6, 6.07) is 15.6. The summed E-state index contributed by atoms with van der Waals surface area (Å²) >= 11 is 0. The molecule has 0 spiro atoms. The maximum absolute atomic E-state index is 11.9. The van der Waals surface area contributed by atoms with Crippen LogP contribution in [0.2, 0.25) is 0 Å². The van der Waals surface area contributed by atoms with E-state index in [0.717, 1.165) is 22.3 Å². The van der Waals surface area contributed by atoms with Gasteiger partial charge < -0.3 is 14.9 Å². The molecule has 8 heteroatoms. The molecule has 0 unspecified atom stereocenters. The van der Waals surface area contributed by atoms with Crippen LogP contribution in [0.3, 0.4) is 0 Å². The zero-order chi connectivity index (χ0) is 21.7. The van der Waals surface area contributed by atoms with E-state index < -0.39 is 0 Å². The van der Waals surface area contributed by atoms with Gasteiger partial charge in [0.05, 0.1) is 12.0 Å². The first-order valence-corrected chi connectivity index (χ1v) is 10.6. The molecule has 5 aromatic rings. The van der Waals surface area contributed by atoms with Crippen LogP contribution < -0.4 is 10.9 Å². The van der Waals surface area contributed by atoms with Crippen molar-refractivity contribution in [3.05, 3.63) is 83.3 Å². The topological polar surface area (TPSA) is 93.4 Å². The molecule has 0 bridgehead atoms. The second-order valence-electron chi connectivity index (χ2n) is 8.14. The van der Waals surface area contributed by atoms with E-state index in [2.05, 4.69) is 48.3 Å². The molecule has 8 nitrogen and oxygen atoms in total. The molecule has 2 N–H and O–H groups in total. The molecule has 158 valence electrons. The van der Waals surface area contributed by atoms with Crippen molar-refractivity contribution in [3.8, 4) is 17.1 Å². The number of H-pyrrole nitrogens is 1. The lowest BCUT2D eigenvalue weighted by molar-refractivity contribution is 0.778. The van der Waals surface area contributed by atoms with E-state index in [4.69, 9.17) is 0 Å². The highest BCUT2D eigenvalue weighted by molar-refractivity contribution is 5.85. The third-order valence-corrected chi connectivity index (χ3v) is 5.81. The minimum Gasteiger partial charge on any atom is -0.329 e. The molecule has 0 saturated heterocycles. The first-order chi connectivity index (χ1) is 15.6. The third-order valence-electron chi connectivity index (χ3n) is 5.81. The van der Waals surface area contributed by atoms with Gasteiger partial charge in [0.2, 0.25) is 5.95 Å². The average Bonchev–Trinajstić information content (AvgIpc) is 3.43. The van der Waals surface area contributed by atoms with Crippen LogP contribution in [0.1, 0.15) is 24.5 Å². The molecule has 0 aliphatic heterocycles. The molecule has 3 aromatic heterocycles. The van der Waals surface area contributed by atoms with Crippen LogP contribution in [0.25, 0.3) is 27.8 Å².